The molecular weight excluding hydrogens is 707 g/mol. The lowest BCUT2D eigenvalue weighted by molar-refractivity contribution is -0.128. The highest BCUT2D eigenvalue weighted by molar-refractivity contribution is 5.99. The Kier molecular flexibility index (Phi) is 11.5. The summed E-state index contributed by atoms with van der Waals surface area (Å²) in [5.41, 5.74) is 12.0. The fraction of sp³-hybridized carbons (Fsp3) is 0.188. The lowest BCUT2D eigenvalue weighted by atomic mass is 9.77. The van der Waals surface area contributed by atoms with E-state index in [0.29, 0.717) is 18.8 Å². The van der Waals surface area contributed by atoms with Crippen molar-refractivity contribution >= 4 is 17.5 Å². The first-order valence-electron chi connectivity index (χ1n) is 19.3. The molecule has 9 nitrogen and oxygen atoms in total. The average molecular weight is 754 g/mol. The third kappa shape index (κ3) is 8.29. The van der Waals surface area contributed by atoms with Crippen LogP contribution >= 0.6 is 0 Å². The zero-order chi connectivity index (χ0) is 39.8. The molecule has 0 aliphatic carbocycles. The van der Waals surface area contributed by atoms with E-state index in [2.05, 4.69) is 71.2 Å². The molecule has 7 rings (SSSR count). The average Bonchev–Trinajstić information content (AvgIpc) is 3.73. The number of amides is 2. The Morgan fingerprint density at radius 2 is 1.18 bits per heavy atom. The Bertz CT molecular complexity index is 2300. The molecule has 0 saturated carbocycles. The summed E-state index contributed by atoms with van der Waals surface area (Å²) < 4.78 is 1.95. The normalized spacial score (nSPS) is 12.1. The van der Waals surface area contributed by atoms with Crippen LogP contribution in [0, 0.1) is 0 Å². The van der Waals surface area contributed by atoms with Crippen LogP contribution in [-0.2, 0) is 21.7 Å². The van der Waals surface area contributed by atoms with Gasteiger partial charge in [-0.25, -0.2) is 4.68 Å². The fourth-order valence-corrected chi connectivity index (χ4v) is 7.48. The number of nitrogens with zero attached hydrogens (tertiary/aromatic N) is 5. The van der Waals surface area contributed by atoms with Crippen LogP contribution in [0.2, 0.25) is 0 Å². The van der Waals surface area contributed by atoms with Crippen LogP contribution in [0.5, 0.6) is 0 Å². The van der Waals surface area contributed by atoms with E-state index in [1.165, 1.54) is 0 Å². The van der Waals surface area contributed by atoms with Crippen molar-refractivity contribution in [3.8, 4) is 22.5 Å². The molecule has 0 aliphatic rings. The molecule has 0 saturated heterocycles. The van der Waals surface area contributed by atoms with Gasteiger partial charge in [0.05, 0.1) is 6.54 Å². The van der Waals surface area contributed by atoms with Crippen LogP contribution in [0.1, 0.15) is 55.9 Å². The Hall–Kier alpha value is -6.71. The number of benzene rings is 6. The summed E-state index contributed by atoms with van der Waals surface area (Å²) in [5, 5.41) is 16.7. The van der Waals surface area contributed by atoms with Crippen LogP contribution in [0.25, 0.3) is 22.5 Å². The summed E-state index contributed by atoms with van der Waals surface area (Å²) in [6.07, 6.45) is 0.553. The van der Waals surface area contributed by atoms with Gasteiger partial charge in [-0.15, -0.1) is 5.10 Å². The predicted molar refractivity (Wildman–Crippen MR) is 226 cm³/mol. The van der Waals surface area contributed by atoms with Crippen molar-refractivity contribution in [2.45, 2.75) is 57.3 Å². The number of nitrogens with two attached hydrogens (primary N) is 1. The smallest absolute Gasteiger partial charge is 0.249 e. The maximum absolute atomic E-state index is 14.1. The van der Waals surface area contributed by atoms with Gasteiger partial charge in [-0.2, -0.15) is 0 Å². The van der Waals surface area contributed by atoms with Gasteiger partial charge in [-0.1, -0.05) is 165 Å². The van der Waals surface area contributed by atoms with Crippen molar-refractivity contribution in [1.29, 1.82) is 0 Å². The number of nitrogens with one attached hydrogen (secondary N) is 1. The van der Waals surface area contributed by atoms with E-state index < -0.39 is 17.1 Å². The minimum atomic E-state index is -0.899. The highest BCUT2D eigenvalue weighted by atomic mass is 16.2. The molecule has 0 aliphatic heterocycles. The van der Waals surface area contributed by atoms with Gasteiger partial charge in [0.25, 0.3) is 0 Å². The first kappa shape index (κ1) is 38.6. The molecule has 6 aromatic carbocycles. The number of para-hydroxylation sites is 1. The van der Waals surface area contributed by atoms with Gasteiger partial charge in [-0.3, -0.25) is 9.59 Å². The molecule has 1 aromatic heterocycles. The largest absolute Gasteiger partial charge is 0.344 e. The van der Waals surface area contributed by atoms with E-state index in [1.54, 1.807) is 18.7 Å². The summed E-state index contributed by atoms with van der Waals surface area (Å²) in [4.78, 5) is 28.7. The molecule has 0 radical (unpaired) electrons. The number of carbonyl (C=O) groups is 2. The summed E-state index contributed by atoms with van der Waals surface area (Å²) in [6, 6.07) is 56.2. The summed E-state index contributed by atoms with van der Waals surface area (Å²) in [5.74, 6) is 0.169. The number of hydrogen-bond donors (Lipinski definition) is 2. The maximum atomic E-state index is 14.1. The molecule has 0 fully saturated rings. The van der Waals surface area contributed by atoms with E-state index in [9.17, 15) is 9.59 Å². The standard InChI is InChI=1S/C48H47N7O2/c1-4-43(50-44(56)33-47(2,3)49)46(57)54(40-25-15-8-16-26-40)34-35-29-31-36(32-30-35)41-27-17-18-28-42(41)45-51-52-53-55(45)48(37-19-9-5-10-20-37,38-21-11-6-12-22-38)39-23-13-7-14-24-39/h5-32,43H,4,33-34,49H2,1-3H3,(H,50,56)/t43-/m1/s1. The molecule has 286 valence electrons. The van der Waals surface area contributed by atoms with Crippen molar-refractivity contribution in [3.63, 3.8) is 0 Å². The summed E-state index contributed by atoms with van der Waals surface area (Å²) >= 11 is 0. The molecule has 1 heterocycles. The van der Waals surface area contributed by atoms with Crippen molar-refractivity contribution < 1.29 is 9.59 Å². The van der Waals surface area contributed by atoms with Crippen LogP contribution in [0.15, 0.2) is 170 Å². The Labute approximate surface area is 334 Å². The zero-order valence-corrected chi connectivity index (χ0v) is 32.5. The molecule has 9 heteroatoms. The minimum absolute atomic E-state index is 0.114. The lowest BCUT2D eigenvalue weighted by Crippen LogP contribution is -2.50. The number of tetrazole rings is 1. The second-order valence-corrected chi connectivity index (χ2v) is 14.9. The number of hydrogen-bond acceptors (Lipinski definition) is 6. The van der Waals surface area contributed by atoms with Crippen LogP contribution in [0.4, 0.5) is 5.69 Å². The first-order valence-corrected chi connectivity index (χ1v) is 19.3. The van der Waals surface area contributed by atoms with Gasteiger partial charge in [0.2, 0.25) is 11.8 Å². The van der Waals surface area contributed by atoms with Gasteiger partial charge in [-0.05, 0) is 76.2 Å². The Balaban J connectivity index is 1.26. The predicted octanol–water partition coefficient (Wildman–Crippen LogP) is 8.40. The van der Waals surface area contributed by atoms with Crippen molar-refractivity contribution in [2.75, 3.05) is 4.90 Å². The number of aromatic nitrogens is 4. The van der Waals surface area contributed by atoms with E-state index in [-0.39, 0.29) is 18.2 Å². The third-order valence-corrected chi connectivity index (χ3v) is 10.1. The van der Waals surface area contributed by atoms with E-state index >= 15 is 0 Å². The monoisotopic (exact) mass is 753 g/mol. The van der Waals surface area contributed by atoms with Crippen LogP contribution in [0.3, 0.4) is 0 Å². The molecule has 1 atom stereocenters. The highest BCUT2D eigenvalue weighted by Crippen LogP contribution is 2.43. The van der Waals surface area contributed by atoms with Gasteiger partial charge in [0.1, 0.15) is 11.6 Å². The molecule has 0 unspecified atom stereocenters. The SMILES string of the molecule is CC[C@@H](NC(=O)CC(C)(C)N)C(=O)N(Cc1ccc(-c2ccccc2-c2nnnn2C(c2ccccc2)(c2ccccc2)c2ccccc2)cc1)c1ccccc1. The van der Waals surface area contributed by atoms with Crippen molar-refractivity contribution in [1.82, 2.24) is 25.5 Å². The van der Waals surface area contributed by atoms with Crippen LogP contribution < -0.4 is 16.0 Å². The lowest BCUT2D eigenvalue weighted by Gasteiger charge is -2.36. The van der Waals surface area contributed by atoms with Crippen LogP contribution in [-0.4, -0.2) is 43.6 Å². The molecule has 0 spiro atoms. The molecular formula is C48H47N7O2. The minimum Gasteiger partial charge on any atom is -0.344 e. The molecule has 3 N–H and O–H groups in total. The van der Waals surface area contributed by atoms with Crippen molar-refractivity contribution in [2.24, 2.45) is 5.73 Å². The Morgan fingerprint density at radius 3 is 1.68 bits per heavy atom. The topological polar surface area (TPSA) is 119 Å². The Morgan fingerprint density at radius 1 is 0.684 bits per heavy atom. The highest BCUT2D eigenvalue weighted by Gasteiger charge is 2.42. The second-order valence-electron chi connectivity index (χ2n) is 14.9. The van der Waals surface area contributed by atoms with E-state index in [4.69, 9.17) is 16.0 Å². The summed E-state index contributed by atoms with van der Waals surface area (Å²) in [6.45, 7) is 5.79. The van der Waals surface area contributed by atoms with Gasteiger partial charge >= 0.3 is 0 Å². The summed E-state index contributed by atoms with van der Waals surface area (Å²) in [7, 11) is 0. The number of anilines is 1. The van der Waals surface area contributed by atoms with E-state index in [1.807, 2.05) is 121 Å². The number of carbonyl (C=O) groups excluding carboxylic acids is 2. The van der Waals surface area contributed by atoms with E-state index in [0.717, 1.165) is 44.6 Å². The van der Waals surface area contributed by atoms with Gasteiger partial charge in [0.15, 0.2) is 5.82 Å². The van der Waals surface area contributed by atoms with Crippen molar-refractivity contribution in [3.05, 3.63) is 192 Å². The number of rotatable bonds is 14. The molecule has 0 bridgehead atoms. The van der Waals surface area contributed by atoms with Gasteiger partial charge < -0.3 is 16.0 Å². The fourth-order valence-electron chi connectivity index (χ4n) is 7.48. The molecule has 7 aromatic rings. The first-order chi connectivity index (χ1) is 27.7. The zero-order valence-electron chi connectivity index (χ0n) is 32.5. The molecule has 2 amide bonds. The molecule has 57 heavy (non-hydrogen) atoms. The van der Waals surface area contributed by atoms with Gasteiger partial charge in [0, 0.05) is 23.2 Å². The maximum Gasteiger partial charge on any atom is 0.249 e. The quantitative estimate of drug-likeness (QED) is 0.108. The third-order valence-electron chi connectivity index (χ3n) is 10.1. The second kappa shape index (κ2) is 17.0.